The smallest absolute Gasteiger partial charge is 0.314 e. The molecule has 0 aromatic heterocycles. The second-order valence-corrected chi connectivity index (χ2v) is 11.8. The van der Waals surface area contributed by atoms with E-state index >= 15 is 0 Å². The molecule has 3 saturated carbocycles. The highest BCUT2D eigenvalue weighted by atomic mass is 19.1. The molecule has 37 heavy (non-hydrogen) atoms. The van der Waals surface area contributed by atoms with Crippen molar-refractivity contribution < 1.29 is 23.0 Å². The molecule has 0 atom stereocenters. The predicted molar refractivity (Wildman–Crippen MR) is 139 cm³/mol. The average Bonchev–Trinajstić information content (AvgIpc) is 2.91. The number of hydrogen-bond donors (Lipinski definition) is 0. The van der Waals surface area contributed by atoms with Crippen LogP contribution in [-0.2, 0) is 9.53 Å². The number of halogens is 2. The summed E-state index contributed by atoms with van der Waals surface area (Å²) < 4.78 is 39.1. The molecule has 3 aliphatic rings. The van der Waals surface area contributed by atoms with Gasteiger partial charge in [0.1, 0.15) is 29.0 Å². The molecule has 0 heterocycles. The Morgan fingerprint density at radius 2 is 1.46 bits per heavy atom. The first-order valence-electron chi connectivity index (χ1n) is 14.7. The first kappa shape index (κ1) is 28.0. The van der Waals surface area contributed by atoms with Crippen LogP contribution in [-0.4, -0.2) is 18.7 Å². The van der Waals surface area contributed by atoms with Gasteiger partial charge in [-0.05, 0) is 87.9 Å². The number of benzene rings is 1. The summed E-state index contributed by atoms with van der Waals surface area (Å²) in [4.78, 5) is 12.5. The van der Waals surface area contributed by atoms with Gasteiger partial charge in [0, 0.05) is 18.7 Å². The van der Waals surface area contributed by atoms with Crippen molar-refractivity contribution in [2.45, 2.75) is 109 Å². The Hall–Kier alpha value is -2.00. The van der Waals surface area contributed by atoms with Crippen molar-refractivity contribution >= 4 is 5.97 Å². The number of hydrogen-bond acceptors (Lipinski definition) is 4. The van der Waals surface area contributed by atoms with Gasteiger partial charge in [-0.3, -0.25) is 4.79 Å². The molecule has 6 heteroatoms. The number of unbranched alkanes of at least 4 members (excludes halogenated alkanes) is 1. The topological polar surface area (TPSA) is 59.3 Å². The van der Waals surface area contributed by atoms with Crippen LogP contribution in [0.25, 0.3) is 0 Å². The van der Waals surface area contributed by atoms with E-state index in [2.05, 4.69) is 6.92 Å². The van der Waals surface area contributed by atoms with Crippen molar-refractivity contribution in [3.63, 3.8) is 0 Å². The first-order chi connectivity index (χ1) is 18.0. The molecule has 0 N–H and O–H groups in total. The highest BCUT2D eigenvalue weighted by molar-refractivity contribution is 5.75. The molecule has 0 saturated heterocycles. The third-order valence-electron chi connectivity index (χ3n) is 9.34. The summed E-state index contributed by atoms with van der Waals surface area (Å²) >= 11 is 0. The SMILES string of the molecule is CCCCC1CCC(C2CCC(COC3CCC(C(=O)Oc4cc(F)c(C#N)c(F)c4)CC3)CC2)CC1. The molecular formula is C31H43F2NO3. The minimum absolute atomic E-state index is 0.171. The van der Waals surface area contributed by atoms with E-state index in [4.69, 9.17) is 14.7 Å². The third kappa shape index (κ3) is 7.76. The summed E-state index contributed by atoms with van der Waals surface area (Å²) in [6.45, 7) is 3.12. The Labute approximate surface area is 221 Å². The Morgan fingerprint density at radius 1 is 0.892 bits per heavy atom. The second kappa shape index (κ2) is 13.7. The molecule has 0 spiro atoms. The molecule has 1 aromatic rings. The Kier molecular flexibility index (Phi) is 10.4. The minimum atomic E-state index is -1.02. The Morgan fingerprint density at radius 3 is 2.00 bits per heavy atom. The molecule has 0 aliphatic heterocycles. The van der Waals surface area contributed by atoms with Gasteiger partial charge < -0.3 is 9.47 Å². The van der Waals surface area contributed by atoms with E-state index in [-0.39, 0.29) is 17.8 Å². The van der Waals surface area contributed by atoms with Gasteiger partial charge in [0.15, 0.2) is 0 Å². The van der Waals surface area contributed by atoms with Crippen LogP contribution in [0.3, 0.4) is 0 Å². The van der Waals surface area contributed by atoms with Gasteiger partial charge in [0.25, 0.3) is 0 Å². The van der Waals surface area contributed by atoms with E-state index in [1.165, 1.54) is 76.7 Å². The highest BCUT2D eigenvalue weighted by Crippen LogP contribution is 2.42. The van der Waals surface area contributed by atoms with E-state index < -0.39 is 23.2 Å². The molecule has 0 unspecified atom stereocenters. The van der Waals surface area contributed by atoms with Crippen molar-refractivity contribution in [3.05, 3.63) is 29.3 Å². The zero-order chi connectivity index (χ0) is 26.2. The summed E-state index contributed by atoms with van der Waals surface area (Å²) in [5, 5.41) is 8.77. The van der Waals surface area contributed by atoms with Crippen molar-refractivity contribution in [2.75, 3.05) is 6.61 Å². The molecule has 204 valence electrons. The van der Waals surface area contributed by atoms with Gasteiger partial charge in [-0.15, -0.1) is 0 Å². The zero-order valence-electron chi connectivity index (χ0n) is 22.4. The lowest BCUT2D eigenvalue weighted by molar-refractivity contribution is -0.141. The van der Waals surface area contributed by atoms with Crippen LogP contribution in [0, 0.1) is 52.6 Å². The fraction of sp³-hybridized carbons (Fsp3) is 0.742. The second-order valence-electron chi connectivity index (χ2n) is 11.8. The normalized spacial score (nSPS) is 30.4. The number of rotatable bonds is 9. The van der Waals surface area contributed by atoms with Gasteiger partial charge in [0.05, 0.1) is 12.0 Å². The number of ether oxygens (including phenoxy) is 2. The third-order valence-corrected chi connectivity index (χ3v) is 9.34. The van der Waals surface area contributed by atoms with Crippen LogP contribution in [0.5, 0.6) is 5.75 Å². The number of nitrogens with zero attached hydrogens (tertiary/aromatic N) is 1. The van der Waals surface area contributed by atoms with Crippen LogP contribution < -0.4 is 4.74 Å². The standard InChI is InChI=1S/C31H43F2NO3/c1-2-3-4-21-5-9-23(10-6-21)24-11-7-22(8-12-24)20-36-26-15-13-25(14-16-26)31(35)37-27-17-29(32)28(19-34)30(33)18-27/h17-18,21-26H,2-16,20H2,1H3. The summed E-state index contributed by atoms with van der Waals surface area (Å²) in [6.07, 6.45) is 18.3. The molecule has 4 nitrogen and oxygen atoms in total. The van der Waals surface area contributed by atoms with E-state index in [9.17, 15) is 13.6 Å². The Bertz CT molecular complexity index is 898. The van der Waals surface area contributed by atoms with Crippen molar-refractivity contribution in [1.82, 2.24) is 0 Å². The maximum absolute atomic E-state index is 13.8. The lowest BCUT2D eigenvalue weighted by Gasteiger charge is -2.38. The molecule has 3 fully saturated rings. The lowest BCUT2D eigenvalue weighted by Crippen LogP contribution is -2.31. The summed E-state index contributed by atoms with van der Waals surface area (Å²) in [6, 6.07) is 3.25. The summed E-state index contributed by atoms with van der Waals surface area (Å²) in [5.41, 5.74) is -0.670. The van der Waals surface area contributed by atoms with Crippen molar-refractivity contribution in [2.24, 2.45) is 29.6 Å². The fourth-order valence-corrected chi connectivity index (χ4v) is 6.92. The molecule has 0 amide bonds. The first-order valence-corrected chi connectivity index (χ1v) is 14.7. The zero-order valence-corrected chi connectivity index (χ0v) is 22.4. The van der Waals surface area contributed by atoms with Crippen molar-refractivity contribution in [1.29, 1.82) is 5.26 Å². The number of carbonyl (C=O) groups excluding carboxylic acids is 1. The van der Waals surface area contributed by atoms with Gasteiger partial charge >= 0.3 is 5.97 Å². The highest BCUT2D eigenvalue weighted by Gasteiger charge is 2.32. The maximum Gasteiger partial charge on any atom is 0.314 e. The monoisotopic (exact) mass is 515 g/mol. The summed E-state index contributed by atoms with van der Waals surface area (Å²) in [7, 11) is 0. The molecular weight excluding hydrogens is 472 g/mol. The number of carbonyl (C=O) groups is 1. The maximum atomic E-state index is 13.8. The Balaban J connectivity index is 1.11. The van der Waals surface area contributed by atoms with Crippen LogP contribution in [0.4, 0.5) is 8.78 Å². The van der Waals surface area contributed by atoms with Gasteiger partial charge in [-0.2, -0.15) is 5.26 Å². The van der Waals surface area contributed by atoms with Crippen LogP contribution >= 0.6 is 0 Å². The fourth-order valence-electron chi connectivity index (χ4n) is 6.92. The molecule has 1 aromatic carbocycles. The van der Waals surface area contributed by atoms with Crippen LogP contribution in [0.2, 0.25) is 0 Å². The van der Waals surface area contributed by atoms with E-state index in [0.29, 0.717) is 18.8 Å². The lowest BCUT2D eigenvalue weighted by atomic mass is 9.69. The van der Waals surface area contributed by atoms with Crippen LogP contribution in [0.1, 0.15) is 109 Å². The minimum Gasteiger partial charge on any atom is -0.426 e. The average molecular weight is 516 g/mol. The van der Waals surface area contributed by atoms with Crippen molar-refractivity contribution in [3.8, 4) is 11.8 Å². The quantitative estimate of drug-likeness (QED) is 0.246. The molecule has 3 aliphatic carbocycles. The summed E-state index contributed by atoms with van der Waals surface area (Å²) in [5.74, 6) is 0.500. The molecule has 0 bridgehead atoms. The molecule has 4 rings (SSSR count). The van der Waals surface area contributed by atoms with E-state index in [1.807, 2.05) is 0 Å². The van der Waals surface area contributed by atoms with Gasteiger partial charge in [-0.1, -0.05) is 39.0 Å². The van der Waals surface area contributed by atoms with Gasteiger partial charge in [0.2, 0.25) is 0 Å². The number of esters is 1. The molecule has 0 radical (unpaired) electrons. The number of nitriles is 1. The van der Waals surface area contributed by atoms with E-state index in [0.717, 1.165) is 49.3 Å². The largest absolute Gasteiger partial charge is 0.426 e. The predicted octanol–water partition coefficient (Wildman–Crippen LogP) is 8.12. The van der Waals surface area contributed by atoms with Gasteiger partial charge in [-0.25, -0.2) is 8.78 Å². The van der Waals surface area contributed by atoms with Crippen LogP contribution in [0.15, 0.2) is 12.1 Å². The van der Waals surface area contributed by atoms with E-state index in [1.54, 1.807) is 0 Å².